The van der Waals surface area contributed by atoms with Gasteiger partial charge in [-0.1, -0.05) is 82.6 Å². The molecule has 3 aromatic rings. The molecule has 0 aliphatic heterocycles. The molecule has 1 fully saturated rings. The predicted molar refractivity (Wildman–Crippen MR) is 140 cm³/mol. The minimum absolute atomic E-state index is 0.387. The summed E-state index contributed by atoms with van der Waals surface area (Å²) in [5.74, 6) is 0.218. The lowest BCUT2D eigenvalue weighted by atomic mass is 9.77. The van der Waals surface area contributed by atoms with E-state index in [0.29, 0.717) is 17.3 Å². The Morgan fingerprint density at radius 3 is 1.97 bits per heavy atom. The number of aromatic nitrogens is 2. The Morgan fingerprint density at radius 1 is 0.686 bits per heavy atom. The minimum Gasteiger partial charge on any atom is -0.236 e. The molecule has 35 heavy (non-hydrogen) atoms. The van der Waals surface area contributed by atoms with Gasteiger partial charge in [-0.2, -0.15) is 0 Å². The molecule has 1 heterocycles. The van der Waals surface area contributed by atoms with Crippen molar-refractivity contribution in [3.8, 4) is 22.5 Å². The Morgan fingerprint density at radius 2 is 1.31 bits per heavy atom. The molecule has 0 bridgehead atoms. The fourth-order valence-corrected chi connectivity index (χ4v) is 5.38. The zero-order valence-electron chi connectivity index (χ0n) is 21.0. The van der Waals surface area contributed by atoms with E-state index in [1.807, 2.05) is 0 Å². The van der Waals surface area contributed by atoms with Gasteiger partial charge in [0.15, 0.2) is 17.5 Å². The Labute approximate surface area is 209 Å². The maximum atomic E-state index is 13.5. The van der Waals surface area contributed by atoms with Crippen molar-refractivity contribution >= 4 is 0 Å². The number of benzene rings is 2. The summed E-state index contributed by atoms with van der Waals surface area (Å²) in [6, 6.07) is 12.5. The summed E-state index contributed by atoms with van der Waals surface area (Å²) in [5, 5.41) is 0. The third kappa shape index (κ3) is 7.19. The molecule has 1 aliphatic carbocycles. The molecular formula is C31H38F2N2. The van der Waals surface area contributed by atoms with E-state index < -0.39 is 11.6 Å². The first-order valence-electron chi connectivity index (χ1n) is 13.5. The highest BCUT2D eigenvalue weighted by atomic mass is 19.2. The zero-order chi connectivity index (χ0) is 24.5. The fraction of sp³-hybridized carbons (Fsp3) is 0.484. The van der Waals surface area contributed by atoms with Crippen molar-refractivity contribution in [2.24, 2.45) is 5.92 Å². The fourth-order valence-electron chi connectivity index (χ4n) is 5.38. The van der Waals surface area contributed by atoms with Crippen LogP contribution in [0.3, 0.4) is 0 Å². The number of nitrogens with zero attached hydrogens (tertiary/aromatic N) is 2. The van der Waals surface area contributed by atoms with Crippen LogP contribution in [0, 0.1) is 17.6 Å². The lowest BCUT2D eigenvalue weighted by Crippen LogP contribution is -2.13. The molecule has 2 aromatic carbocycles. The van der Waals surface area contributed by atoms with Gasteiger partial charge >= 0.3 is 0 Å². The molecule has 0 N–H and O–H groups in total. The van der Waals surface area contributed by atoms with Gasteiger partial charge in [-0.15, -0.1) is 0 Å². The molecule has 4 heteroatoms. The number of unbranched alkanes of at least 4 members (excludes halogenated alkanes) is 6. The van der Waals surface area contributed by atoms with E-state index in [0.717, 1.165) is 29.2 Å². The highest BCUT2D eigenvalue weighted by molar-refractivity contribution is 5.64. The smallest absolute Gasteiger partial charge is 0.159 e. The third-order valence-electron chi connectivity index (χ3n) is 7.61. The Balaban J connectivity index is 1.24. The van der Waals surface area contributed by atoms with E-state index in [1.165, 1.54) is 88.7 Å². The van der Waals surface area contributed by atoms with Gasteiger partial charge in [0.2, 0.25) is 0 Å². The first-order valence-corrected chi connectivity index (χ1v) is 13.5. The standard InChI is InChI=1S/C31H38F2N2/c1-2-3-4-5-6-7-8-9-23-10-12-24(13-11-23)25-14-16-26(17-15-25)28-21-34-31(35-22-28)27-18-19-29(32)30(33)20-27/h14-24H,2-13H2,1H3/t23-,24-. The molecule has 0 atom stereocenters. The highest BCUT2D eigenvalue weighted by Crippen LogP contribution is 2.38. The summed E-state index contributed by atoms with van der Waals surface area (Å²) in [5.41, 5.74) is 3.88. The van der Waals surface area contributed by atoms with Crippen LogP contribution in [0.1, 0.15) is 95.5 Å². The first kappa shape index (κ1) is 25.5. The molecular weight excluding hydrogens is 438 g/mol. The molecule has 0 spiro atoms. The van der Waals surface area contributed by atoms with Crippen molar-refractivity contribution in [3.63, 3.8) is 0 Å². The summed E-state index contributed by atoms with van der Waals surface area (Å²) in [4.78, 5) is 8.73. The quantitative estimate of drug-likeness (QED) is 0.258. The Hall–Kier alpha value is -2.62. The van der Waals surface area contributed by atoms with Gasteiger partial charge in [0.1, 0.15) is 0 Å². The Kier molecular flexibility index (Phi) is 9.39. The summed E-state index contributed by atoms with van der Waals surface area (Å²) in [7, 11) is 0. The van der Waals surface area contributed by atoms with Crippen LogP contribution in [0.4, 0.5) is 8.78 Å². The molecule has 1 aliphatic rings. The van der Waals surface area contributed by atoms with Gasteiger partial charge in [-0.3, -0.25) is 0 Å². The van der Waals surface area contributed by atoms with Crippen LogP contribution in [-0.4, -0.2) is 9.97 Å². The van der Waals surface area contributed by atoms with E-state index in [1.54, 1.807) is 12.4 Å². The van der Waals surface area contributed by atoms with Gasteiger partial charge in [0.25, 0.3) is 0 Å². The van der Waals surface area contributed by atoms with E-state index in [-0.39, 0.29) is 0 Å². The van der Waals surface area contributed by atoms with E-state index in [2.05, 4.69) is 41.2 Å². The second-order valence-electron chi connectivity index (χ2n) is 10.2. The van der Waals surface area contributed by atoms with E-state index in [4.69, 9.17) is 0 Å². The largest absolute Gasteiger partial charge is 0.236 e. The molecule has 1 saturated carbocycles. The summed E-state index contributed by atoms with van der Waals surface area (Å²) < 4.78 is 26.7. The maximum Gasteiger partial charge on any atom is 0.159 e. The average molecular weight is 477 g/mol. The topological polar surface area (TPSA) is 25.8 Å². The lowest BCUT2D eigenvalue weighted by molar-refractivity contribution is 0.302. The number of hydrogen-bond donors (Lipinski definition) is 0. The van der Waals surface area contributed by atoms with Crippen LogP contribution < -0.4 is 0 Å². The molecule has 4 rings (SSSR count). The van der Waals surface area contributed by atoms with Crippen LogP contribution in [0.5, 0.6) is 0 Å². The van der Waals surface area contributed by atoms with Gasteiger partial charge < -0.3 is 0 Å². The zero-order valence-corrected chi connectivity index (χ0v) is 21.0. The SMILES string of the molecule is CCCCCCCCC[C@H]1CC[C@H](c2ccc(-c3cnc(-c4ccc(F)c(F)c4)nc3)cc2)CC1. The lowest BCUT2D eigenvalue weighted by Gasteiger charge is -2.29. The Bertz CT molecular complexity index is 1040. The molecule has 1 aromatic heterocycles. The predicted octanol–water partition coefficient (Wildman–Crippen LogP) is 9.50. The number of rotatable bonds is 11. The highest BCUT2D eigenvalue weighted by Gasteiger charge is 2.22. The van der Waals surface area contributed by atoms with Crippen molar-refractivity contribution < 1.29 is 8.78 Å². The summed E-state index contributed by atoms with van der Waals surface area (Å²) >= 11 is 0. The molecule has 186 valence electrons. The van der Waals surface area contributed by atoms with Crippen LogP contribution in [0.25, 0.3) is 22.5 Å². The normalized spacial score (nSPS) is 18.0. The second-order valence-corrected chi connectivity index (χ2v) is 10.2. The molecule has 0 saturated heterocycles. The van der Waals surface area contributed by atoms with Gasteiger partial charge in [0.05, 0.1) is 0 Å². The first-order chi connectivity index (χ1) is 17.1. The summed E-state index contributed by atoms with van der Waals surface area (Å²) in [6.45, 7) is 2.28. The van der Waals surface area contributed by atoms with Crippen molar-refractivity contribution in [1.29, 1.82) is 0 Å². The second kappa shape index (κ2) is 12.9. The van der Waals surface area contributed by atoms with Crippen molar-refractivity contribution in [1.82, 2.24) is 9.97 Å². The third-order valence-corrected chi connectivity index (χ3v) is 7.61. The monoisotopic (exact) mass is 476 g/mol. The van der Waals surface area contributed by atoms with Gasteiger partial charge in [-0.25, -0.2) is 18.7 Å². The molecule has 0 unspecified atom stereocenters. The van der Waals surface area contributed by atoms with Gasteiger partial charge in [-0.05, 0) is 66.8 Å². The van der Waals surface area contributed by atoms with E-state index >= 15 is 0 Å². The number of halogens is 2. The summed E-state index contributed by atoms with van der Waals surface area (Å²) in [6.07, 6.45) is 20.0. The van der Waals surface area contributed by atoms with Crippen LogP contribution in [-0.2, 0) is 0 Å². The van der Waals surface area contributed by atoms with Crippen molar-refractivity contribution in [3.05, 3.63) is 72.1 Å². The molecule has 0 radical (unpaired) electrons. The van der Waals surface area contributed by atoms with Crippen molar-refractivity contribution in [2.45, 2.75) is 89.9 Å². The van der Waals surface area contributed by atoms with Crippen LogP contribution >= 0.6 is 0 Å². The molecule has 0 amide bonds. The van der Waals surface area contributed by atoms with Crippen molar-refractivity contribution in [2.75, 3.05) is 0 Å². The number of hydrogen-bond acceptors (Lipinski definition) is 2. The van der Waals surface area contributed by atoms with Crippen LogP contribution in [0.2, 0.25) is 0 Å². The average Bonchev–Trinajstić information content (AvgIpc) is 2.90. The minimum atomic E-state index is -0.891. The molecule has 2 nitrogen and oxygen atoms in total. The van der Waals surface area contributed by atoms with Gasteiger partial charge in [0, 0.05) is 23.5 Å². The van der Waals surface area contributed by atoms with E-state index in [9.17, 15) is 8.78 Å². The maximum absolute atomic E-state index is 13.5. The van der Waals surface area contributed by atoms with Crippen LogP contribution in [0.15, 0.2) is 54.9 Å².